The zero-order chi connectivity index (χ0) is 22.4. The lowest BCUT2D eigenvalue weighted by molar-refractivity contribution is 0.0464. The van der Waals surface area contributed by atoms with E-state index in [0.29, 0.717) is 28.7 Å². The fraction of sp³-hybridized carbons (Fsp3) is 0.273. The monoisotopic (exact) mass is 445 g/mol. The first-order valence-corrected chi connectivity index (χ1v) is 10.1. The maximum atomic E-state index is 12.7. The summed E-state index contributed by atoms with van der Waals surface area (Å²) in [4.78, 5) is 17.2. The number of nitrogens with zero attached hydrogens (tertiary/aromatic N) is 1. The van der Waals surface area contributed by atoms with Gasteiger partial charge in [0.05, 0.1) is 46.8 Å². The van der Waals surface area contributed by atoms with E-state index >= 15 is 0 Å². The van der Waals surface area contributed by atoms with Gasteiger partial charge >= 0.3 is 5.97 Å². The number of carbonyl (C=O) groups is 1. The lowest BCUT2D eigenvalue weighted by Crippen LogP contribution is -2.09. The largest absolute Gasteiger partial charge is 0.493 e. The van der Waals surface area contributed by atoms with Gasteiger partial charge < -0.3 is 28.4 Å². The van der Waals surface area contributed by atoms with Crippen LogP contribution in [0.2, 0.25) is 0 Å². The first kappa shape index (κ1) is 22.2. The van der Waals surface area contributed by atoms with E-state index in [1.54, 1.807) is 26.4 Å². The van der Waals surface area contributed by atoms with Crippen LogP contribution in [0.4, 0.5) is 0 Å². The quantitative estimate of drug-likeness (QED) is 0.453. The summed E-state index contributed by atoms with van der Waals surface area (Å²) < 4.78 is 32.2. The fourth-order valence-corrected chi connectivity index (χ4v) is 3.86. The predicted molar refractivity (Wildman–Crippen MR) is 116 cm³/mol. The van der Waals surface area contributed by atoms with Gasteiger partial charge in [-0.1, -0.05) is 6.07 Å². The van der Waals surface area contributed by atoms with Crippen molar-refractivity contribution in [2.75, 3.05) is 35.5 Å². The summed E-state index contributed by atoms with van der Waals surface area (Å²) in [5.41, 5.74) is 1.63. The molecule has 0 unspecified atom stereocenters. The van der Waals surface area contributed by atoms with Crippen LogP contribution in [0.1, 0.15) is 16.1 Å². The molecule has 0 spiro atoms. The highest BCUT2D eigenvalue weighted by atomic mass is 32.1. The first-order chi connectivity index (χ1) is 15.1. The molecule has 0 saturated carbocycles. The van der Waals surface area contributed by atoms with Crippen LogP contribution in [-0.2, 0) is 11.3 Å². The number of hydrogen-bond donors (Lipinski definition) is 0. The first-order valence-electron chi connectivity index (χ1n) is 9.19. The molecule has 0 radical (unpaired) electrons. The highest BCUT2D eigenvalue weighted by Gasteiger charge is 2.22. The fourth-order valence-electron chi connectivity index (χ4n) is 3.03. The second-order valence-corrected chi connectivity index (χ2v) is 7.00. The second kappa shape index (κ2) is 10.0. The Morgan fingerprint density at radius 1 is 0.839 bits per heavy atom. The van der Waals surface area contributed by atoms with Gasteiger partial charge in [0, 0.05) is 5.38 Å². The molecule has 1 aromatic heterocycles. The van der Waals surface area contributed by atoms with Gasteiger partial charge in [0.25, 0.3) is 0 Å². The summed E-state index contributed by atoms with van der Waals surface area (Å²) in [5.74, 6) is 1.66. The van der Waals surface area contributed by atoms with E-state index in [9.17, 15) is 4.79 Å². The van der Waals surface area contributed by atoms with E-state index in [2.05, 4.69) is 4.98 Å². The molecule has 0 bridgehead atoms. The van der Waals surface area contributed by atoms with Gasteiger partial charge in [-0.3, -0.25) is 0 Å². The third-order valence-electron chi connectivity index (χ3n) is 4.46. The van der Waals surface area contributed by atoms with Gasteiger partial charge in [0.2, 0.25) is 5.75 Å². The van der Waals surface area contributed by atoms with E-state index < -0.39 is 5.97 Å². The average Bonchev–Trinajstić information content (AvgIpc) is 3.29. The van der Waals surface area contributed by atoms with Crippen LogP contribution < -0.4 is 23.7 Å². The van der Waals surface area contributed by atoms with E-state index in [-0.39, 0.29) is 17.9 Å². The van der Waals surface area contributed by atoms with Gasteiger partial charge in [-0.2, -0.15) is 0 Å². The molecule has 2 aromatic carbocycles. The topological polar surface area (TPSA) is 85.3 Å². The number of aromatic nitrogens is 1. The van der Waals surface area contributed by atoms with E-state index in [1.807, 2.05) is 23.6 Å². The van der Waals surface area contributed by atoms with Crippen molar-refractivity contribution in [1.29, 1.82) is 0 Å². The van der Waals surface area contributed by atoms with Crippen molar-refractivity contribution in [3.8, 4) is 39.3 Å². The SMILES string of the molecule is COc1cccc(-c2nc(COC(=O)c3ccc(OC)c(OC)c3OC)cs2)c1OC. The van der Waals surface area contributed by atoms with Crippen molar-refractivity contribution < 1.29 is 33.2 Å². The zero-order valence-corrected chi connectivity index (χ0v) is 18.7. The number of rotatable bonds is 9. The lowest BCUT2D eigenvalue weighted by atomic mass is 10.1. The molecule has 1 heterocycles. The molecule has 0 aliphatic rings. The van der Waals surface area contributed by atoms with Crippen LogP contribution in [0.15, 0.2) is 35.7 Å². The van der Waals surface area contributed by atoms with Gasteiger partial charge in [-0.05, 0) is 24.3 Å². The number of benzene rings is 2. The number of ether oxygens (including phenoxy) is 6. The standard InChI is InChI=1S/C22H23NO7S/c1-25-16-8-6-7-14(18(16)27-3)21-23-13(12-31-21)11-30-22(24)15-9-10-17(26-2)20(29-5)19(15)28-4/h6-10,12H,11H2,1-5H3. The van der Waals surface area contributed by atoms with Crippen LogP contribution in [-0.4, -0.2) is 46.5 Å². The van der Waals surface area contributed by atoms with E-state index in [0.717, 1.165) is 10.6 Å². The molecule has 0 aliphatic carbocycles. The highest BCUT2D eigenvalue weighted by Crippen LogP contribution is 2.41. The molecule has 0 aliphatic heterocycles. The molecule has 3 rings (SSSR count). The number of hydrogen-bond acceptors (Lipinski definition) is 9. The molecule has 0 amide bonds. The molecular formula is C22H23NO7S. The van der Waals surface area contributed by atoms with Gasteiger partial charge in [-0.25, -0.2) is 9.78 Å². The molecular weight excluding hydrogens is 422 g/mol. The summed E-state index contributed by atoms with van der Waals surface area (Å²) in [6.45, 7) is -0.000877. The van der Waals surface area contributed by atoms with Crippen molar-refractivity contribution in [3.63, 3.8) is 0 Å². The molecule has 0 atom stereocenters. The third kappa shape index (κ3) is 4.51. The minimum absolute atomic E-state index is 0.000877. The van der Waals surface area contributed by atoms with Crippen LogP contribution in [0.25, 0.3) is 10.6 Å². The second-order valence-electron chi connectivity index (χ2n) is 6.14. The van der Waals surface area contributed by atoms with Crippen molar-refractivity contribution in [3.05, 3.63) is 47.0 Å². The number of para-hydroxylation sites is 1. The zero-order valence-electron chi connectivity index (χ0n) is 17.9. The lowest BCUT2D eigenvalue weighted by Gasteiger charge is -2.14. The molecule has 3 aromatic rings. The van der Waals surface area contributed by atoms with Crippen molar-refractivity contribution in [2.24, 2.45) is 0 Å². The normalized spacial score (nSPS) is 10.4. The number of methoxy groups -OCH3 is 5. The molecule has 8 nitrogen and oxygen atoms in total. The Hall–Kier alpha value is -3.46. The molecule has 31 heavy (non-hydrogen) atoms. The summed E-state index contributed by atoms with van der Waals surface area (Å²) >= 11 is 1.42. The smallest absolute Gasteiger partial charge is 0.342 e. The van der Waals surface area contributed by atoms with Gasteiger partial charge in [0.15, 0.2) is 23.0 Å². The Bertz CT molecular complexity index is 1060. The summed E-state index contributed by atoms with van der Waals surface area (Å²) in [5, 5.41) is 2.55. The van der Waals surface area contributed by atoms with Crippen molar-refractivity contribution in [2.45, 2.75) is 6.61 Å². The minimum Gasteiger partial charge on any atom is -0.493 e. The van der Waals surface area contributed by atoms with Gasteiger partial charge in [-0.15, -0.1) is 11.3 Å². The van der Waals surface area contributed by atoms with Crippen molar-refractivity contribution >= 4 is 17.3 Å². The van der Waals surface area contributed by atoms with E-state index in [4.69, 9.17) is 28.4 Å². The molecule has 0 N–H and O–H groups in total. The molecule has 164 valence electrons. The summed E-state index contributed by atoms with van der Waals surface area (Å²) in [7, 11) is 7.58. The summed E-state index contributed by atoms with van der Waals surface area (Å²) in [6, 6.07) is 8.75. The van der Waals surface area contributed by atoms with Gasteiger partial charge in [0.1, 0.15) is 17.2 Å². The van der Waals surface area contributed by atoms with Crippen LogP contribution >= 0.6 is 11.3 Å². The highest BCUT2D eigenvalue weighted by molar-refractivity contribution is 7.13. The number of esters is 1. The molecule has 0 fully saturated rings. The van der Waals surface area contributed by atoms with E-state index in [1.165, 1.54) is 32.7 Å². The maximum Gasteiger partial charge on any atom is 0.342 e. The predicted octanol–water partition coefficient (Wildman–Crippen LogP) is 4.21. The minimum atomic E-state index is -0.564. The Kier molecular flexibility index (Phi) is 7.19. The third-order valence-corrected chi connectivity index (χ3v) is 5.38. The Balaban J connectivity index is 1.78. The van der Waals surface area contributed by atoms with Crippen molar-refractivity contribution in [1.82, 2.24) is 4.98 Å². The molecule has 0 saturated heterocycles. The number of thiazole rings is 1. The molecule has 9 heteroatoms. The van der Waals surface area contributed by atoms with Crippen LogP contribution in [0, 0.1) is 0 Å². The Morgan fingerprint density at radius 3 is 2.16 bits per heavy atom. The number of carbonyl (C=O) groups excluding carboxylic acids is 1. The Labute approximate surface area is 184 Å². The summed E-state index contributed by atoms with van der Waals surface area (Å²) in [6.07, 6.45) is 0. The van der Waals surface area contributed by atoms with Crippen LogP contribution in [0.3, 0.4) is 0 Å². The maximum absolute atomic E-state index is 12.7. The average molecular weight is 445 g/mol. The van der Waals surface area contributed by atoms with Crippen LogP contribution in [0.5, 0.6) is 28.7 Å². The Morgan fingerprint density at radius 2 is 1.52 bits per heavy atom.